The summed E-state index contributed by atoms with van der Waals surface area (Å²) in [5.41, 5.74) is 16.0. The Hall–Kier alpha value is -4.89. The van der Waals surface area contributed by atoms with Gasteiger partial charge >= 0.3 is 5.97 Å². The number of aromatic nitrogens is 5. The van der Waals surface area contributed by atoms with Crippen molar-refractivity contribution in [2.45, 2.75) is 37.3 Å². The summed E-state index contributed by atoms with van der Waals surface area (Å²) in [7, 11) is 1.65. The Kier molecular flexibility index (Phi) is 8.10. The zero-order valence-electron chi connectivity index (χ0n) is 23.7. The van der Waals surface area contributed by atoms with Crippen LogP contribution in [0.5, 0.6) is 0 Å². The van der Waals surface area contributed by atoms with Gasteiger partial charge < -0.3 is 42.4 Å². The third-order valence-electron chi connectivity index (χ3n) is 7.19. The Morgan fingerprint density at radius 2 is 2.09 bits per heavy atom. The number of carboxylic acids is 2. The van der Waals surface area contributed by atoms with E-state index in [0.29, 0.717) is 11.2 Å². The minimum Gasteiger partial charge on any atom is -0.543 e. The summed E-state index contributed by atoms with van der Waals surface area (Å²) in [5, 5.41) is 33.9. The van der Waals surface area contributed by atoms with Gasteiger partial charge in [-0.3, -0.25) is 14.5 Å². The van der Waals surface area contributed by atoms with Crippen LogP contribution in [0.1, 0.15) is 30.4 Å². The highest BCUT2D eigenvalue weighted by atomic mass is 32.2. The van der Waals surface area contributed by atoms with Crippen LogP contribution in [0, 0.1) is 6.92 Å². The number of β-lactam (4-membered cyclic amide) rings is 1. The van der Waals surface area contributed by atoms with Crippen molar-refractivity contribution in [3.05, 3.63) is 28.2 Å². The Bertz CT molecular complexity index is 1870. The number of nitrogens with one attached hydrogen (secondary N) is 1. The summed E-state index contributed by atoms with van der Waals surface area (Å²) in [5.74, 6) is -4.74. The van der Waals surface area contributed by atoms with Gasteiger partial charge in [-0.1, -0.05) is 38.9 Å². The minimum absolute atomic E-state index is 0.0267. The molecule has 3 aromatic rings. The van der Waals surface area contributed by atoms with Crippen molar-refractivity contribution in [3.63, 3.8) is 0 Å². The number of anilines is 3. The molecule has 5 rings (SSSR count). The van der Waals surface area contributed by atoms with Crippen molar-refractivity contribution in [2.24, 2.45) is 12.2 Å². The lowest BCUT2D eigenvalue weighted by atomic mass is 9.87. The number of hydrogen-bond acceptors (Lipinski definition) is 16. The fourth-order valence-corrected chi connectivity index (χ4v) is 7.19. The van der Waals surface area contributed by atoms with Crippen LogP contribution < -0.4 is 32.1 Å². The summed E-state index contributed by atoms with van der Waals surface area (Å²) in [6, 6.07) is 0. The summed E-state index contributed by atoms with van der Waals surface area (Å²) in [4.78, 5) is 65.8. The van der Waals surface area contributed by atoms with Gasteiger partial charge in [0.05, 0.1) is 29.9 Å². The van der Waals surface area contributed by atoms with Crippen LogP contribution in [-0.4, -0.2) is 87.2 Å². The maximum atomic E-state index is 13.8. The molecular weight excluding hydrogens is 651 g/mol. The Morgan fingerprint density at radius 1 is 1.38 bits per heavy atom. The maximum absolute atomic E-state index is 13.8. The highest BCUT2D eigenvalue weighted by Gasteiger charge is 2.64. The lowest BCUT2D eigenvalue weighted by molar-refractivity contribution is -0.583. The third-order valence-corrected chi connectivity index (χ3v) is 9.59. The van der Waals surface area contributed by atoms with Crippen molar-refractivity contribution < 1.29 is 38.7 Å². The fraction of sp³-hybridized carbons (Fsp3) is 0.333. The molecule has 0 spiro atoms. The first kappa shape index (κ1) is 31.5. The second-order valence-electron chi connectivity index (χ2n) is 9.84. The van der Waals surface area contributed by atoms with Gasteiger partial charge in [0.25, 0.3) is 29.2 Å². The van der Waals surface area contributed by atoms with Crippen LogP contribution in [0.25, 0.3) is 11.2 Å². The van der Waals surface area contributed by atoms with E-state index in [0.717, 1.165) is 33.4 Å². The second-order valence-corrected chi connectivity index (χ2v) is 12.0. The predicted octanol–water partition coefficient (Wildman–Crippen LogP) is -2.42. The minimum atomic E-state index is -1.89. The molecule has 0 bridgehead atoms. The number of carbonyl (C=O) groups excluding carboxylic acids is 3. The number of nitrogen functional groups attached to an aromatic ring is 3. The fourth-order valence-electron chi connectivity index (χ4n) is 4.83. The molecule has 0 aromatic carbocycles. The van der Waals surface area contributed by atoms with E-state index in [2.05, 4.69) is 25.5 Å². The number of amides is 2. The second kappa shape index (κ2) is 11.6. The first-order valence-electron chi connectivity index (χ1n) is 12.9. The molecular formula is C24H25N11O7S3. The lowest BCUT2D eigenvalue weighted by Gasteiger charge is -2.56. The molecule has 2 aliphatic heterocycles. The molecule has 45 heavy (non-hydrogen) atoms. The van der Waals surface area contributed by atoms with E-state index in [1.807, 2.05) is 0 Å². The van der Waals surface area contributed by atoms with Crippen LogP contribution >= 0.6 is 35.3 Å². The monoisotopic (exact) mass is 675 g/mol. The largest absolute Gasteiger partial charge is 0.543 e. The number of oxime groups is 1. The first-order chi connectivity index (χ1) is 21.3. The normalized spacial score (nSPS) is 20.4. The smallest absolute Gasteiger partial charge is 0.347 e. The van der Waals surface area contributed by atoms with Crippen LogP contribution in [0.15, 0.2) is 16.2 Å². The van der Waals surface area contributed by atoms with Crippen molar-refractivity contribution in [3.8, 4) is 0 Å². The van der Waals surface area contributed by atoms with Gasteiger partial charge in [-0.05, 0) is 13.3 Å². The van der Waals surface area contributed by atoms with E-state index < -0.39 is 52.2 Å². The number of rotatable bonds is 10. The van der Waals surface area contributed by atoms with E-state index in [4.69, 9.17) is 34.3 Å². The van der Waals surface area contributed by atoms with Crippen LogP contribution in [-0.2, 0) is 31.1 Å². The van der Waals surface area contributed by atoms with E-state index >= 15 is 0 Å². The van der Waals surface area contributed by atoms with Gasteiger partial charge in [0.15, 0.2) is 16.4 Å². The van der Waals surface area contributed by atoms with Crippen molar-refractivity contribution in [1.82, 2.24) is 29.9 Å². The topological polar surface area (TPSA) is 274 Å². The number of aliphatic carboxylic acids is 2. The van der Waals surface area contributed by atoms with E-state index in [-0.39, 0.29) is 46.2 Å². The molecule has 1 unspecified atom stereocenters. The Labute approximate surface area is 266 Å². The van der Waals surface area contributed by atoms with Crippen LogP contribution in [0.3, 0.4) is 0 Å². The number of nitrogens with zero attached hydrogens (tertiary/aromatic N) is 7. The maximum Gasteiger partial charge on any atom is 0.347 e. The molecule has 21 heteroatoms. The SMILES string of the molecule is CC[C@@H](O/N=C(\C(=O)NC1(C=S)C(=O)N2C(C(=O)[O-])=C(c3nc(N)c(C)c4n(C)c(N)n[n+]34)CS[C@H]21)c1csc(N)n1)C(=O)O. The molecule has 1 fully saturated rings. The van der Waals surface area contributed by atoms with Gasteiger partial charge in [0.1, 0.15) is 11.1 Å². The molecule has 3 atom stereocenters. The first-order valence-corrected chi connectivity index (χ1v) is 15.3. The zero-order chi connectivity index (χ0) is 33.0. The number of aryl methyl sites for hydroxylation is 2. The van der Waals surface area contributed by atoms with Crippen LogP contribution in [0.4, 0.5) is 16.9 Å². The highest BCUT2D eigenvalue weighted by Crippen LogP contribution is 2.47. The predicted molar refractivity (Wildman–Crippen MR) is 163 cm³/mol. The van der Waals surface area contributed by atoms with Gasteiger partial charge in [-0.15, -0.1) is 23.1 Å². The van der Waals surface area contributed by atoms with Gasteiger partial charge in [-0.2, -0.15) is 0 Å². The number of thiazole rings is 1. The average Bonchev–Trinajstić information content (AvgIpc) is 3.56. The molecule has 0 radical (unpaired) electrons. The molecule has 236 valence electrons. The van der Waals surface area contributed by atoms with Crippen molar-refractivity contribution >= 4 is 98.3 Å². The number of hydrogen-bond donors (Lipinski definition) is 5. The number of thioether (sulfide) groups is 1. The molecule has 5 heterocycles. The average molecular weight is 676 g/mol. The quantitative estimate of drug-likeness (QED) is 0.0492. The van der Waals surface area contributed by atoms with Gasteiger partial charge in [0.2, 0.25) is 11.9 Å². The molecule has 2 amide bonds. The zero-order valence-corrected chi connectivity index (χ0v) is 26.2. The third kappa shape index (κ3) is 4.97. The van der Waals surface area contributed by atoms with E-state index in [1.54, 1.807) is 25.5 Å². The number of carboxylic acid groups (broad SMARTS) is 2. The summed E-state index contributed by atoms with van der Waals surface area (Å²) in [6.07, 6.45) is -1.35. The Morgan fingerprint density at radius 3 is 2.67 bits per heavy atom. The van der Waals surface area contributed by atoms with Crippen molar-refractivity contribution in [1.29, 1.82) is 0 Å². The highest BCUT2D eigenvalue weighted by molar-refractivity contribution is 8.00. The number of fused-ring (bicyclic) bond motifs is 2. The number of nitrogens with two attached hydrogens (primary N) is 3. The molecule has 8 N–H and O–H groups in total. The summed E-state index contributed by atoms with van der Waals surface area (Å²) in [6.45, 7) is 3.24. The molecule has 0 aliphatic carbocycles. The molecule has 18 nitrogen and oxygen atoms in total. The summed E-state index contributed by atoms with van der Waals surface area (Å²) >= 11 is 7.25. The van der Waals surface area contributed by atoms with Crippen molar-refractivity contribution in [2.75, 3.05) is 23.0 Å². The molecule has 2 aliphatic rings. The number of thiocarbonyl (C=S) groups is 1. The lowest BCUT2D eigenvalue weighted by Crippen LogP contribution is -2.81. The van der Waals surface area contributed by atoms with E-state index in [9.17, 15) is 29.4 Å². The van der Waals surface area contributed by atoms with Gasteiger partial charge in [-0.25, -0.2) is 14.3 Å². The van der Waals surface area contributed by atoms with Gasteiger partial charge in [0, 0.05) is 16.5 Å². The molecule has 0 saturated carbocycles. The van der Waals surface area contributed by atoms with Crippen LogP contribution in [0.2, 0.25) is 0 Å². The molecule has 3 aromatic heterocycles. The summed E-state index contributed by atoms with van der Waals surface area (Å²) < 4.78 is 2.88. The number of carbonyl (C=O) groups is 4. The standard InChI is InChI=1S/C24H25N11O7S3/c1-4-11(18(37)38)42-32-12(10-6-45-23(27)28-10)16(36)30-24(7-43)20(41)34-13(19(39)40)9(5-44-21(24)34)15-29-14(25)8(2)17-33(3)22(26)31-35(15)17/h6-7,11,21,25H,4-5H2,1-3H3,(H7,26,27,28,30,31,36,37,38,39,40)/b32-12-/t11-,21+,24?/m1/s1. The molecule has 1 saturated heterocycles. The van der Waals surface area contributed by atoms with E-state index in [1.165, 1.54) is 9.90 Å². The Balaban J connectivity index is 1.54.